The summed E-state index contributed by atoms with van der Waals surface area (Å²) in [6.07, 6.45) is 0. The zero-order chi connectivity index (χ0) is 24.8. The van der Waals surface area contributed by atoms with Crippen molar-refractivity contribution in [3.05, 3.63) is 89.5 Å². The summed E-state index contributed by atoms with van der Waals surface area (Å²) in [7, 11) is 0. The Balaban J connectivity index is 1.47. The van der Waals surface area contributed by atoms with Gasteiger partial charge in [-0.2, -0.15) is 0 Å². The Bertz CT molecular complexity index is 1210. The summed E-state index contributed by atoms with van der Waals surface area (Å²) in [6.45, 7) is 5.20. The number of nitrogens with one attached hydrogen (secondary N) is 2. The molecule has 8 nitrogen and oxygen atoms in total. The maximum absolute atomic E-state index is 12.9. The van der Waals surface area contributed by atoms with Gasteiger partial charge in [0.05, 0.1) is 0 Å². The highest BCUT2D eigenvalue weighted by molar-refractivity contribution is 6.08. The lowest BCUT2D eigenvalue weighted by atomic mass is 10.1. The largest absolute Gasteiger partial charge is 0.480 e. The minimum atomic E-state index is -1.12. The van der Waals surface area contributed by atoms with Crippen LogP contribution >= 0.6 is 0 Å². The van der Waals surface area contributed by atoms with E-state index in [-0.39, 0.29) is 5.91 Å². The first kappa shape index (κ1) is 24.0. The standard InChI is InChI=1S/C27H28N4O4/c1-19-17-23(30-15-13-28-14-16-30)11-12-24(19)26(34)29-21-7-9-22(10-8-21)31(18-25(32)33)27(35)20-5-3-2-4-6-20/h2-12,17,28H,13-16,18H2,1H3,(H,29,34)(H,32,33). The molecule has 0 spiro atoms. The van der Waals surface area contributed by atoms with E-state index in [1.165, 1.54) is 4.90 Å². The first-order chi connectivity index (χ1) is 16.9. The normalized spacial score (nSPS) is 13.2. The predicted octanol–water partition coefficient (Wildman–Crippen LogP) is 3.39. The molecule has 1 heterocycles. The van der Waals surface area contributed by atoms with Crippen LogP contribution in [0.3, 0.4) is 0 Å². The van der Waals surface area contributed by atoms with Gasteiger partial charge < -0.3 is 20.6 Å². The highest BCUT2D eigenvalue weighted by Crippen LogP contribution is 2.23. The smallest absolute Gasteiger partial charge is 0.323 e. The van der Waals surface area contributed by atoms with Gasteiger partial charge in [0, 0.05) is 54.4 Å². The summed E-state index contributed by atoms with van der Waals surface area (Å²) >= 11 is 0. The van der Waals surface area contributed by atoms with Crippen molar-refractivity contribution < 1.29 is 19.5 Å². The highest BCUT2D eigenvalue weighted by atomic mass is 16.4. The van der Waals surface area contributed by atoms with Crippen molar-refractivity contribution in [2.45, 2.75) is 6.92 Å². The maximum Gasteiger partial charge on any atom is 0.323 e. The number of nitrogens with zero attached hydrogens (tertiary/aromatic N) is 2. The molecule has 0 atom stereocenters. The fourth-order valence-electron chi connectivity index (χ4n) is 4.10. The monoisotopic (exact) mass is 472 g/mol. The molecule has 0 aliphatic carbocycles. The van der Waals surface area contributed by atoms with Crippen LogP contribution in [0.15, 0.2) is 72.8 Å². The molecular weight excluding hydrogens is 444 g/mol. The SMILES string of the molecule is Cc1cc(N2CCNCC2)ccc1C(=O)Nc1ccc(N(CC(=O)O)C(=O)c2ccccc2)cc1. The Morgan fingerprint density at radius 2 is 1.66 bits per heavy atom. The number of aryl methyl sites for hydroxylation is 1. The Morgan fingerprint density at radius 3 is 2.29 bits per heavy atom. The van der Waals surface area contributed by atoms with Crippen molar-refractivity contribution >= 4 is 34.8 Å². The number of piperazine rings is 1. The molecule has 3 aromatic rings. The molecule has 35 heavy (non-hydrogen) atoms. The van der Waals surface area contributed by atoms with Crippen molar-refractivity contribution in [3.8, 4) is 0 Å². The highest BCUT2D eigenvalue weighted by Gasteiger charge is 2.21. The van der Waals surface area contributed by atoms with Crippen LogP contribution in [0, 0.1) is 6.92 Å². The second-order valence-corrected chi connectivity index (χ2v) is 8.39. The van der Waals surface area contributed by atoms with Gasteiger partial charge in [-0.05, 0) is 67.1 Å². The molecule has 1 aliphatic heterocycles. The number of carboxylic acids is 1. The molecule has 0 saturated carbocycles. The molecular formula is C27H28N4O4. The quantitative estimate of drug-likeness (QED) is 0.487. The van der Waals surface area contributed by atoms with Gasteiger partial charge in [0.25, 0.3) is 11.8 Å². The molecule has 0 bridgehead atoms. The van der Waals surface area contributed by atoms with E-state index in [1.54, 1.807) is 54.6 Å². The van der Waals surface area contributed by atoms with Crippen molar-refractivity contribution in [2.75, 3.05) is 47.8 Å². The number of carbonyl (C=O) groups excluding carboxylic acids is 2. The van der Waals surface area contributed by atoms with E-state index >= 15 is 0 Å². The topological polar surface area (TPSA) is 102 Å². The van der Waals surface area contributed by atoms with Gasteiger partial charge in [0.15, 0.2) is 0 Å². The molecule has 3 aromatic carbocycles. The zero-order valence-corrected chi connectivity index (χ0v) is 19.5. The second-order valence-electron chi connectivity index (χ2n) is 8.39. The van der Waals surface area contributed by atoms with Crippen molar-refractivity contribution in [2.24, 2.45) is 0 Å². The fourth-order valence-corrected chi connectivity index (χ4v) is 4.10. The van der Waals surface area contributed by atoms with Crippen molar-refractivity contribution in [3.63, 3.8) is 0 Å². The van der Waals surface area contributed by atoms with E-state index in [0.29, 0.717) is 22.5 Å². The number of aliphatic carboxylic acids is 1. The lowest BCUT2D eigenvalue weighted by Crippen LogP contribution is -2.43. The van der Waals surface area contributed by atoms with Crippen LogP contribution < -0.4 is 20.4 Å². The number of hydrogen-bond acceptors (Lipinski definition) is 5. The van der Waals surface area contributed by atoms with Gasteiger partial charge in [-0.25, -0.2) is 0 Å². The van der Waals surface area contributed by atoms with Gasteiger partial charge in [-0.3, -0.25) is 19.3 Å². The number of benzene rings is 3. The molecule has 0 radical (unpaired) electrons. The first-order valence-corrected chi connectivity index (χ1v) is 11.5. The molecule has 1 aliphatic rings. The number of rotatable bonds is 7. The van der Waals surface area contributed by atoms with E-state index in [4.69, 9.17) is 0 Å². The second kappa shape index (κ2) is 10.8. The number of carbonyl (C=O) groups is 3. The summed E-state index contributed by atoms with van der Waals surface area (Å²) < 4.78 is 0. The van der Waals surface area contributed by atoms with Gasteiger partial charge in [0.1, 0.15) is 6.54 Å². The summed E-state index contributed by atoms with van der Waals surface area (Å²) in [5, 5.41) is 15.5. The first-order valence-electron chi connectivity index (χ1n) is 11.5. The third-order valence-electron chi connectivity index (χ3n) is 5.93. The van der Waals surface area contributed by atoms with E-state index in [0.717, 1.165) is 37.4 Å². The van der Waals surface area contributed by atoms with Crippen molar-refractivity contribution in [1.29, 1.82) is 0 Å². The number of carboxylic acid groups (broad SMARTS) is 1. The van der Waals surface area contributed by atoms with E-state index in [9.17, 15) is 19.5 Å². The summed E-state index contributed by atoms with van der Waals surface area (Å²) in [5.74, 6) is -1.76. The molecule has 1 saturated heterocycles. The van der Waals surface area contributed by atoms with Crippen LogP contribution in [0.25, 0.3) is 0 Å². The third-order valence-corrected chi connectivity index (χ3v) is 5.93. The maximum atomic E-state index is 12.9. The van der Waals surface area contributed by atoms with Crippen LogP contribution in [0.5, 0.6) is 0 Å². The minimum Gasteiger partial charge on any atom is -0.480 e. The fraction of sp³-hybridized carbons (Fsp3) is 0.222. The lowest BCUT2D eigenvalue weighted by Gasteiger charge is -2.29. The predicted molar refractivity (Wildman–Crippen MR) is 136 cm³/mol. The molecule has 8 heteroatoms. The summed E-state index contributed by atoms with van der Waals surface area (Å²) in [4.78, 5) is 40.7. The minimum absolute atomic E-state index is 0.232. The molecule has 3 N–H and O–H groups in total. The summed E-state index contributed by atoms with van der Waals surface area (Å²) in [6, 6.07) is 20.9. The van der Waals surface area contributed by atoms with E-state index in [2.05, 4.69) is 15.5 Å². The van der Waals surface area contributed by atoms with Crippen LogP contribution in [-0.4, -0.2) is 55.6 Å². The van der Waals surface area contributed by atoms with Crippen LogP contribution in [-0.2, 0) is 4.79 Å². The van der Waals surface area contributed by atoms with Gasteiger partial charge in [0.2, 0.25) is 0 Å². The Morgan fingerprint density at radius 1 is 0.971 bits per heavy atom. The lowest BCUT2D eigenvalue weighted by molar-refractivity contribution is -0.135. The van der Waals surface area contributed by atoms with Crippen LogP contribution in [0.4, 0.5) is 17.1 Å². The van der Waals surface area contributed by atoms with Crippen LogP contribution in [0.1, 0.15) is 26.3 Å². The Kier molecular flexibility index (Phi) is 7.42. The molecule has 180 valence electrons. The van der Waals surface area contributed by atoms with Gasteiger partial charge in [-0.1, -0.05) is 18.2 Å². The number of hydrogen-bond donors (Lipinski definition) is 3. The van der Waals surface area contributed by atoms with Gasteiger partial charge >= 0.3 is 5.97 Å². The van der Waals surface area contributed by atoms with Crippen molar-refractivity contribution in [1.82, 2.24) is 5.32 Å². The van der Waals surface area contributed by atoms with Gasteiger partial charge in [-0.15, -0.1) is 0 Å². The average molecular weight is 473 g/mol. The number of anilines is 3. The molecule has 1 fully saturated rings. The number of amides is 2. The molecule has 0 unspecified atom stereocenters. The third kappa shape index (κ3) is 5.85. The van der Waals surface area contributed by atoms with E-state index < -0.39 is 18.4 Å². The molecule has 4 rings (SSSR count). The Labute approximate surface area is 204 Å². The Hall–Kier alpha value is -4.17. The zero-order valence-electron chi connectivity index (χ0n) is 19.5. The molecule has 2 amide bonds. The average Bonchev–Trinajstić information content (AvgIpc) is 2.88. The molecule has 0 aromatic heterocycles. The summed E-state index contributed by atoms with van der Waals surface area (Å²) in [5.41, 5.74) is 3.94. The van der Waals surface area contributed by atoms with E-state index in [1.807, 2.05) is 25.1 Å². The van der Waals surface area contributed by atoms with Crippen LogP contribution in [0.2, 0.25) is 0 Å².